The van der Waals surface area contributed by atoms with E-state index in [2.05, 4.69) is 28.4 Å². The lowest BCUT2D eigenvalue weighted by Gasteiger charge is -2.34. The monoisotopic (exact) mass is 372 g/mol. The lowest BCUT2D eigenvalue weighted by molar-refractivity contribution is -0.0220. The molecular weight excluding hydrogens is 346 g/mol. The van der Waals surface area contributed by atoms with Crippen LogP contribution < -0.4 is 20.9 Å². The first kappa shape index (κ1) is 17.9. The molecular formula is C21H26F2N4. The Morgan fingerprint density at radius 1 is 0.852 bits per heavy atom. The van der Waals surface area contributed by atoms with Crippen LogP contribution in [-0.2, 0) is 0 Å². The fourth-order valence-corrected chi connectivity index (χ4v) is 3.94. The van der Waals surface area contributed by atoms with Crippen LogP contribution in [0.3, 0.4) is 0 Å². The topological polar surface area (TPSA) is 44.5 Å². The fourth-order valence-electron chi connectivity index (χ4n) is 3.94. The Kier molecular flexibility index (Phi) is 4.81. The molecule has 0 unspecified atom stereocenters. The number of anilines is 5. The van der Waals surface area contributed by atoms with Crippen molar-refractivity contribution in [1.82, 2.24) is 0 Å². The van der Waals surface area contributed by atoms with Crippen molar-refractivity contribution in [2.45, 2.75) is 31.6 Å². The van der Waals surface area contributed by atoms with E-state index in [1.54, 1.807) is 0 Å². The van der Waals surface area contributed by atoms with Gasteiger partial charge in [-0.05, 0) is 43.2 Å². The zero-order valence-electron chi connectivity index (χ0n) is 15.4. The molecule has 2 aromatic rings. The van der Waals surface area contributed by atoms with Crippen LogP contribution in [0.2, 0.25) is 0 Å². The van der Waals surface area contributed by atoms with Crippen LogP contribution in [-0.4, -0.2) is 32.1 Å². The largest absolute Gasteiger partial charge is 0.397 e. The first-order valence-corrected chi connectivity index (χ1v) is 9.65. The van der Waals surface area contributed by atoms with Crippen LogP contribution in [0.25, 0.3) is 0 Å². The SMILES string of the molecule is Nc1ccc(Nc2ccccc2N2CCCC2)cc1N1CCC(F)(F)CC1. The predicted octanol–water partition coefficient (Wildman–Crippen LogP) is 4.85. The van der Waals surface area contributed by atoms with Gasteiger partial charge in [0.05, 0.1) is 22.7 Å². The average molecular weight is 372 g/mol. The summed E-state index contributed by atoms with van der Waals surface area (Å²) in [7, 11) is 0. The van der Waals surface area contributed by atoms with E-state index in [-0.39, 0.29) is 12.8 Å². The van der Waals surface area contributed by atoms with Crippen molar-refractivity contribution in [3.8, 4) is 0 Å². The van der Waals surface area contributed by atoms with Gasteiger partial charge in [0.1, 0.15) is 0 Å². The molecule has 2 fully saturated rings. The fraction of sp³-hybridized carbons (Fsp3) is 0.429. The Labute approximate surface area is 159 Å². The zero-order chi connectivity index (χ0) is 18.9. The van der Waals surface area contributed by atoms with Gasteiger partial charge in [0.2, 0.25) is 0 Å². The number of nitrogens with zero attached hydrogens (tertiary/aromatic N) is 2. The van der Waals surface area contributed by atoms with E-state index >= 15 is 0 Å². The second-order valence-corrected chi connectivity index (χ2v) is 7.45. The van der Waals surface area contributed by atoms with Gasteiger partial charge in [0, 0.05) is 44.7 Å². The van der Waals surface area contributed by atoms with E-state index < -0.39 is 5.92 Å². The van der Waals surface area contributed by atoms with E-state index in [1.807, 2.05) is 29.2 Å². The Hall–Kier alpha value is -2.50. The number of hydrogen-bond donors (Lipinski definition) is 2. The number of nitrogens with one attached hydrogen (secondary N) is 1. The van der Waals surface area contributed by atoms with Crippen molar-refractivity contribution in [1.29, 1.82) is 0 Å². The summed E-state index contributed by atoms with van der Waals surface area (Å²) in [5.41, 5.74) is 10.8. The molecule has 0 atom stereocenters. The number of para-hydroxylation sites is 2. The molecule has 0 saturated carbocycles. The number of benzene rings is 2. The van der Waals surface area contributed by atoms with Gasteiger partial charge in [0.25, 0.3) is 5.92 Å². The van der Waals surface area contributed by atoms with E-state index in [1.165, 1.54) is 18.5 Å². The van der Waals surface area contributed by atoms with Gasteiger partial charge in [-0.2, -0.15) is 0 Å². The maximum atomic E-state index is 13.5. The minimum absolute atomic E-state index is 0.123. The number of halogens is 2. The van der Waals surface area contributed by atoms with Crippen molar-refractivity contribution >= 4 is 28.4 Å². The van der Waals surface area contributed by atoms with Crippen LogP contribution in [0.4, 0.5) is 37.2 Å². The minimum Gasteiger partial charge on any atom is -0.397 e. The minimum atomic E-state index is -2.56. The highest BCUT2D eigenvalue weighted by Crippen LogP contribution is 2.36. The first-order valence-electron chi connectivity index (χ1n) is 9.65. The Bertz CT molecular complexity index is 793. The number of piperidine rings is 1. The number of nitrogens with two attached hydrogens (primary N) is 1. The molecule has 2 aliphatic heterocycles. The highest BCUT2D eigenvalue weighted by Gasteiger charge is 2.34. The van der Waals surface area contributed by atoms with E-state index in [4.69, 9.17) is 5.73 Å². The maximum absolute atomic E-state index is 13.5. The molecule has 0 radical (unpaired) electrons. The zero-order valence-corrected chi connectivity index (χ0v) is 15.4. The maximum Gasteiger partial charge on any atom is 0.251 e. The van der Waals surface area contributed by atoms with Gasteiger partial charge >= 0.3 is 0 Å². The average Bonchev–Trinajstić information content (AvgIpc) is 3.19. The Morgan fingerprint density at radius 3 is 2.26 bits per heavy atom. The van der Waals surface area contributed by atoms with Gasteiger partial charge in [-0.1, -0.05) is 12.1 Å². The molecule has 4 rings (SSSR count). The van der Waals surface area contributed by atoms with Crippen LogP contribution in [0.1, 0.15) is 25.7 Å². The van der Waals surface area contributed by atoms with Crippen molar-refractivity contribution in [2.75, 3.05) is 47.0 Å². The number of alkyl halides is 2. The van der Waals surface area contributed by atoms with Crippen LogP contribution >= 0.6 is 0 Å². The van der Waals surface area contributed by atoms with Gasteiger partial charge in [-0.15, -0.1) is 0 Å². The summed E-state index contributed by atoms with van der Waals surface area (Å²) < 4.78 is 27.0. The summed E-state index contributed by atoms with van der Waals surface area (Å²) in [6, 6.07) is 14.1. The first-order chi connectivity index (χ1) is 13.0. The molecule has 4 nitrogen and oxygen atoms in total. The van der Waals surface area contributed by atoms with Crippen molar-refractivity contribution in [2.24, 2.45) is 0 Å². The molecule has 27 heavy (non-hydrogen) atoms. The normalized spacial score (nSPS) is 19.3. The second-order valence-electron chi connectivity index (χ2n) is 7.45. The van der Waals surface area contributed by atoms with Gasteiger partial charge < -0.3 is 20.9 Å². The van der Waals surface area contributed by atoms with Crippen molar-refractivity contribution in [3.05, 3.63) is 42.5 Å². The van der Waals surface area contributed by atoms with E-state index in [9.17, 15) is 8.78 Å². The highest BCUT2D eigenvalue weighted by atomic mass is 19.3. The third kappa shape index (κ3) is 3.94. The van der Waals surface area contributed by atoms with Gasteiger partial charge in [-0.3, -0.25) is 0 Å². The summed E-state index contributed by atoms with van der Waals surface area (Å²) in [5, 5.41) is 3.50. The molecule has 0 amide bonds. The number of nitrogen functional groups attached to an aromatic ring is 1. The number of rotatable bonds is 4. The van der Waals surface area contributed by atoms with Crippen molar-refractivity contribution in [3.63, 3.8) is 0 Å². The van der Waals surface area contributed by atoms with Crippen LogP contribution in [0.15, 0.2) is 42.5 Å². The quantitative estimate of drug-likeness (QED) is 0.753. The second kappa shape index (κ2) is 7.25. The lowest BCUT2D eigenvalue weighted by Crippen LogP contribution is -2.39. The molecule has 2 saturated heterocycles. The summed E-state index contributed by atoms with van der Waals surface area (Å²) in [5.74, 6) is -2.56. The van der Waals surface area contributed by atoms with E-state index in [0.717, 1.165) is 30.2 Å². The standard InChI is InChI=1S/C21H26F2N4/c22-21(23)9-13-27(14-10-21)20-15-16(7-8-17(20)24)25-18-5-1-2-6-19(18)26-11-3-4-12-26/h1-2,5-8,15,25H,3-4,9-14,24H2. The molecule has 0 aromatic heterocycles. The molecule has 2 aliphatic rings. The Balaban J connectivity index is 1.56. The molecule has 0 aliphatic carbocycles. The molecule has 0 spiro atoms. The summed E-state index contributed by atoms with van der Waals surface area (Å²) in [6.07, 6.45) is 2.20. The predicted molar refractivity (Wildman–Crippen MR) is 108 cm³/mol. The van der Waals surface area contributed by atoms with E-state index in [0.29, 0.717) is 18.8 Å². The van der Waals surface area contributed by atoms with Crippen LogP contribution in [0, 0.1) is 0 Å². The summed E-state index contributed by atoms with van der Waals surface area (Å²) >= 11 is 0. The lowest BCUT2D eigenvalue weighted by atomic mass is 10.1. The summed E-state index contributed by atoms with van der Waals surface area (Å²) in [6.45, 7) is 2.80. The molecule has 6 heteroatoms. The molecule has 2 aromatic carbocycles. The van der Waals surface area contributed by atoms with Crippen LogP contribution in [0.5, 0.6) is 0 Å². The third-order valence-corrected chi connectivity index (χ3v) is 5.50. The number of hydrogen-bond acceptors (Lipinski definition) is 4. The molecule has 3 N–H and O–H groups in total. The van der Waals surface area contributed by atoms with Gasteiger partial charge in [-0.25, -0.2) is 8.78 Å². The Morgan fingerprint density at radius 2 is 1.52 bits per heavy atom. The molecule has 144 valence electrons. The van der Waals surface area contributed by atoms with Crippen molar-refractivity contribution < 1.29 is 8.78 Å². The third-order valence-electron chi connectivity index (χ3n) is 5.50. The summed E-state index contributed by atoms with van der Waals surface area (Å²) in [4.78, 5) is 4.36. The smallest absolute Gasteiger partial charge is 0.251 e. The molecule has 0 bridgehead atoms. The van der Waals surface area contributed by atoms with Gasteiger partial charge in [0.15, 0.2) is 0 Å². The molecule has 2 heterocycles. The highest BCUT2D eigenvalue weighted by molar-refractivity contribution is 5.79.